The number of anilines is 1. The quantitative estimate of drug-likeness (QED) is 0.236. The van der Waals surface area contributed by atoms with Gasteiger partial charge in [-0.3, -0.25) is 19.9 Å². The Labute approximate surface area is 228 Å². The Hall–Kier alpha value is -5.12. The van der Waals surface area contributed by atoms with Crippen LogP contribution >= 0.6 is 0 Å². The Morgan fingerprint density at radius 2 is 1.80 bits per heavy atom. The standard InChI is InChI=1S/C30H26FN7O2/c1-30(2,3)29(39)34-20-10-18(14-32-15-20)16-5-6-23-22(12-16)26(38-37-23)28-35-24-7-8-33-25(27(24)36-28)17-9-19(31)13-21(11-17)40-4/h5-15H,1-4H3,(H,34,39)(H,35,36)(H,37,38). The third-order valence-electron chi connectivity index (χ3n) is 6.58. The number of hydrogen-bond donors (Lipinski definition) is 3. The minimum Gasteiger partial charge on any atom is -0.497 e. The van der Waals surface area contributed by atoms with Crippen LogP contribution in [0, 0.1) is 11.2 Å². The van der Waals surface area contributed by atoms with E-state index in [1.54, 1.807) is 24.7 Å². The van der Waals surface area contributed by atoms with E-state index >= 15 is 0 Å². The molecule has 6 rings (SSSR count). The van der Waals surface area contributed by atoms with Gasteiger partial charge in [0.1, 0.15) is 22.8 Å². The van der Waals surface area contributed by atoms with E-state index in [2.05, 4.69) is 30.5 Å². The molecule has 0 radical (unpaired) electrons. The number of methoxy groups -OCH3 is 1. The van der Waals surface area contributed by atoms with Gasteiger partial charge in [-0.25, -0.2) is 9.37 Å². The molecule has 0 aliphatic carbocycles. The number of carbonyl (C=O) groups is 1. The van der Waals surface area contributed by atoms with Crippen LogP contribution < -0.4 is 10.1 Å². The molecule has 0 aliphatic heterocycles. The van der Waals surface area contributed by atoms with E-state index in [0.29, 0.717) is 39.7 Å². The van der Waals surface area contributed by atoms with Crippen LogP contribution in [-0.2, 0) is 4.79 Å². The van der Waals surface area contributed by atoms with Gasteiger partial charge >= 0.3 is 0 Å². The lowest BCUT2D eigenvalue weighted by Crippen LogP contribution is -2.27. The normalized spacial score (nSPS) is 11.7. The molecule has 0 bridgehead atoms. The molecule has 0 spiro atoms. The first-order valence-corrected chi connectivity index (χ1v) is 12.6. The molecule has 0 unspecified atom stereocenters. The molecule has 40 heavy (non-hydrogen) atoms. The summed E-state index contributed by atoms with van der Waals surface area (Å²) in [6, 6.07) is 14.1. The molecule has 2 aromatic carbocycles. The summed E-state index contributed by atoms with van der Waals surface area (Å²) in [6.45, 7) is 5.58. The highest BCUT2D eigenvalue weighted by atomic mass is 19.1. The number of hydrogen-bond acceptors (Lipinski definition) is 6. The Bertz CT molecular complexity index is 1900. The summed E-state index contributed by atoms with van der Waals surface area (Å²) in [4.78, 5) is 29.4. The molecular weight excluding hydrogens is 509 g/mol. The topological polar surface area (TPSA) is 121 Å². The smallest absolute Gasteiger partial charge is 0.229 e. The molecule has 3 N–H and O–H groups in total. The number of imidazole rings is 1. The van der Waals surface area contributed by atoms with E-state index in [9.17, 15) is 9.18 Å². The van der Waals surface area contributed by atoms with Crippen molar-refractivity contribution in [2.24, 2.45) is 5.41 Å². The Balaban J connectivity index is 1.40. The SMILES string of the molecule is COc1cc(F)cc(-c2nccc3[nH]c(-c4n[nH]c5ccc(-c6cncc(NC(=O)C(C)(C)C)c6)cc45)nc23)c1. The van der Waals surface area contributed by atoms with Gasteiger partial charge in [-0.1, -0.05) is 26.8 Å². The lowest BCUT2D eigenvalue weighted by Gasteiger charge is -2.17. The summed E-state index contributed by atoms with van der Waals surface area (Å²) in [6.07, 6.45) is 5.03. The third-order valence-corrected chi connectivity index (χ3v) is 6.58. The van der Waals surface area contributed by atoms with Crippen LogP contribution in [0.3, 0.4) is 0 Å². The van der Waals surface area contributed by atoms with Crippen molar-refractivity contribution in [3.63, 3.8) is 0 Å². The Morgan fingerprint density at radius 3 is 2.60 bits per heavy atom. The maximum absolute atomic E-state index is 14.2. The van der Waals surface area contributed by atoms with E-state index in [0.717, 1.165) is 27.5 Å². The molecule has 1 amide bonds. The van der Waals surface area contributed by atoms with Crippen LogP contribution in [0.4, 0.5) is 10.1 Å². The van der Waals surface area contributed by atoms with Gasteiger partial charge in [-0.2, -0.15) is 5.10 Å². The molecule has 0 saturated carbocycles. The first-order chi connectivity index (χ1) is 19.2. The number of benzene rings is 2. The second kappa shape index (κ2) is 9.57. The molecule has 200 valence electrons. The van der Waals surface area contributed by atoms with Gasteiger partial charge in [0.05, 0.1) is 35.7 Å². The number of nitrogens with zero attached hydrogens (tertiary/aromatic N) is 4. The maximum Gasteiger partial charge on any atom is 0.229 e. The average Bonchev–Trinajstić information content (AvgIpc) is 3.56. The zero-order chi connectivity index (χ0) is 28.0. The molecule has 4 aromatic heterocycles. The summed E-state index contributed by atoms with van der Waals surface area (Å²) in [5.74, 6) is 0.424. The molecule has 4 heterocycles. The van der Waals surface area contributed by atoms with Gasteiger partial charge in [0.2, 0.25) is 5.91 Å². The molecule has 0 saturated heterocycles. The minimum absolute atomic E-state index is 0.0885. The number of carbonyl (C=O) groups excluding carboxylic acids is 1. The lowest BCUT2D eigenvalue weighted by molar-refractivity contribution is -0.123. The number of ether oxygens (including phenoxy) is 1. The van der Waals surface area contributed by atoms with Crippen molar-refractivity contribution in [2.75, 3.05) is 12.4 Å². The predicted molar refractivity (Wildman–Crippen MR) is 152 cm³/mol. The number of nitrogens with one attached hydrogen (secondary N) is 3. The maximum atomic E-state index is 14.2. The van der Waals surface area contributed by atoms with Crippen LogP contribution in [-0.4, -0.2) is 43.2 Å². The molecule has 0 fully saturated rings. The number of pyridine rings is 2. The highest BCUT2D eigenvalue weighted by Gasteiger charge is 2.22. The number of amides is 1. The van der Waals surface area contributed by atoms with Gasteiger partial charge in [0, 0.05) is 40.4 Å². The van der Waals surface area contributed by atoms with Gasteiger partial charge in [-0.05, 0) is 42.0 Å². The largest absolute Gasteiger partial charge is 0.497 e. The summed E-state index contributed by atoms with van der Waals surface area (Å²) in [7, 11) is 1.49. The van der Waals surface area contributed by atoms with Crippen molar-refractivity contribution in [1.29, 1.82) is 0 Å². The van der Waals surface area contributed by atoms with Crippen molar-refractivity contribution < 1.29 is 13.9 Å². The zero-order valence-electron chi connectivity index (χ0n) is 22.3. The van der Waals surface area contributed by atoms with E-state index < -0.39 is 11.2 Å². The van der Waals surface area contributed by atoms with Gasteiger partial charge in [-0.15, -0.1) is 0 Å². The third kappa shape index (κ3) is 4.64. The fourth-order valence-electron chi connectivity index (χ4n) is 4.43. The van der Waals surface area contributed by atoms with Crippen LogP contribution in [0.1, 0.15) is 20.8 Å². The number of aromatic nitrogens is 6. The monoisotopic (exact) mass is 535 g/mol. The van der Waals surface area contributed by atoms with Gasteiger partial charge in [0.15, 0.2) is 5.82 Å². The first-order valence-electron chi connectivity index (χ1n) is 12.6. The van der Waals surface area contributed by atoms with E-state index in [-0.39, 0.29) is 5.91 Å². The van der Waals surface area contributed by atoms with E-state index in [1.807, 2.05) is 51.1 Å². The fraction of sp³-hybridized carbons (Fsp3) is 0.167. The fourth-order valence-corrected chi connectivity index (χ4v) is 4.43. The first kappa shape index (κ1) is 25.2. The molecule has 0 aliphatic rings. The second-order valence-corrected chi connectivity index (χ2v) is 10.5. The Kier molecular flexibility index (Phi) is 6.02. The van der Waals surface area contributed by atoms with Crippen LogP contribution in [0.15, 0.2) is 67.1 Å². The van der Waals surface area contributed by atoms with Crippen LogP contribution in [0.25, 0.3) is 55.8 Å². The number of halogens is 1. The molecule has 9 nitrogen and oxygen atoms in total. The Morgan fingerprint density at radius 1 is 0.950 bits per heavy atom. The number of aromatic amines is 2. The predicted octanol–water partition coefficient (Wildman–Crippen LogP) is 6.36. The number of H-pyrrole nitrogens is 2. The van der Waals surface area contributed by atoms with Crippen molar-refractivity contribution in [3.8, 4) is 39.7 Å². The minimum atomic E-state index is -0.524. The molecular formula is C30H26FN7O2. The van der Waals surface area contributed by atoms with Crippen LogP contribution in [0.5, 0.6) is 5.75 Å². The summed E-state index contributed by atoms with van der Waals surface area (Å²) in [5, 5.41) is 11.4. The molecule has 0 atom stereocenters. The van der Waals surface area contributed by atoms with Crippen molar-refractivity contribution in [1.82, 2.24) is 30.1 Å². The highest BCUT2D eigenvalue weighted by Crippen LogP contribution is 2.34. The average molecular weight is 536 g/mol. The van der Waals surface area contributed by atoms with E-state index in [1.165, 1.54) is 19.2 Å². The van der Waals surface area contributed by atoms with Crippen molar-refractivity contribution in [3.05, 3.63) is 72.9 Å². The highest BCUT2D eigenvalue weighted by molar-refractivity contribution is 5.98. The summed E-state index contributed by atoms with van der Waals surface area (Å²) in [5.41, 5.74) is 5.71. The van der Waals surface area contributed by atoms with Crippen molar-refractivity contribution in [2.45, 2.75) is 20.8 Å². The second-order valence-electron chi connectivity index (χ2n) is 10.5. The van der Waals surface area contributed by atoms with Gasteiger partial charge < -0.3 is 15.0 Å². The van der Waals surface area contributed by atoms with Crippen molar-refractivity contribution >= 4 is 33.5 Å². The number of fused-ring (bicyclic) bond motifs is 2. The van der Waals surface area contributed by atoms with Crippen LogP contribution in [0.2, 0.25) is 0 Å². The zero-order valence-corrected chi connectivity index (χ0v) is 22.3. The molecule has 10 heteroatoms. The lowest BCUT2D eigenvalue weighted by atomic mass is 9.95. The van der Waals surface area contributed by atoms with E-state index in [4.69, 9.17) is 9.72 Å². The molecule has 6 aromatic rings. The summed E-state index contributed by atoms with van der Waals surface area (Å²) < 4.78 is 19.5. The number of rotatable bonds is 5. The van der Waals surface area contributed by atoms with Gasteiger partial charge in [0.25, 0.3) is 0 Å². The summed E-state index contributed by atoms with van der Waals surface area (Å²) >= 11 is 0.